The summed E-state index contributed by atoms with van der Waals surface area (Å²) in [4.78, 5) is 13.9. The van der Waals surface area contributed by atoms with Crippen molar-refractivity contribution in [3.63, 3.8) is 0 Å². The molecular weight excluding hydrogens is 297 g/mol. The molecule has 0 saturated carbocycles. The molecule has 0 saturated heterocycles. The van der Waals surface area contributed by atoms with Crippen LogP contribution in [0.5, 0.6) is 5.75 Å². The molecule has 1 amide bonds. The molecule has 23 heavy (non-hydrogen) atoms. The maximum Gasteiger partial charge on any atom is 0.269 e. The topological polar surface area (TPSA) is 79.3 Å². The molecule has 1 atom stereocenters. The first-order chi connectivity index (χ1) is 11.1. The third kappa shape index (κ3) is 2.94. The summed E-state index contributed by atoms with van der Waals surface area (Å²) in [6.07, 6.45) is -0.605. The Kier molecular flexibility index (Phi) is 3.85. The zero-order valence-electron chi connectivity index (χ0n) is 12.2. The van der Waals surface area contributed by atoms with Gasteiger partial charge in [0.05, 0.1) is 11.8 Å². The number of anilines is 2. The minimum Gasteiger partial charge on any atom is -0.478 e. The van der Waals surface area contributed by atoms with Crippen LogP contribution in [0.4, 0.5) is 15.8 Å². The van der Waals surface area contributed by atoms with E-state index in [1.807, 2.05) is 6.07 Å². The number of nitriles is 1. The van der Waals surface area contributed by atoms with Crippen molar-refractivity contribution in [1.29, 1.82) is 5.26 Å². The van der Waals surface area contributed by atoms with E-state index in [-0.39, 0.29) is 24.7 Å². The Morgan fingerprint density at radius 2 is 2.13 bits per heavy atom. The van der Waals surface area contributed by atoms with Crippen molar-refractivity contribution < 1.29 is 13.9 Å². The molecule has 6 heteroatoms. The average molecular weight is 311 g/mol. The van der Waals surface area contributed by atoms with Crippen molar-refractivity contribution in [2.24, 2.45) is 0 Å². The van der Waals surface area contributed by atoms with Gasteiger partial charge in [-0.05, 0) is 29.8 Å². The molecule has 0 spiro atoms. The second kappa shape index (κ2) is 5.97. The van der Waals surface area contributed by atoms with Gasteiger partial charge in [0.2, 0.25) is 0 Å². The fourth-order valence-electron chi connectivity index (χ4n) is 2.59. The molecule has 2 N–H and O–H groups in total. The van der Waals surface area contributed by atoms with Crippen molar-refractivity contribution >= 4 is 17.3 Å². The van der Waals surface area contributed by atoms with Crippen LogP contribution in [-0.4, -0.2) is 18.6 Å². The van der Waals surface area contributed by atoms with Crippen LogP contribution in [0.15, 0.2) is 42.5 Å². The van der Waals surface area contributed by atoms with E-state index in [0.29, 0.717) is 22.7 Å². The fraction of sp³-hybridized carbons (Fsp3) is 0.176. The van der Waals surface area contributed by atoms with Gasteiger partial charge in [-0.15, -0.1) is 0 Å². The second-order valence-corrected chi connectivity index (χ2v) is 5.25. The highest BCUT2D eigenvalue weighted by Crippen LogP contribution is 2.36. The number of nitrogen functional groups attached to an aromatic ring is 1. The van der Waals surface area contributed by atoms with Gasteiger partial charge in [0.15, 0.2) is 6.10 Å². The van der Waals surface area contributed by atoms with Gasteiger partial charge in [-0.3, -0.25) is 9.69 Å². The van der Waals surface area contributed by atoms with Crippen molar-refractivity contribution in [3.8, 4) is 11.8 Å². The molecule has 1 unspecified atom stereocenters. The first-order valence-electron chi connectivity index (χ1n) is 7.07. The summed E-state index contributed by atoms with van der Waals surface area (Å²) in [6, 6.07) is 12.9. The van der Waals surface area contributed by atoms with Crippen molar-refractivity contribution in [2.45, 2.75) is 12.5 Å². The van der Waals surface area contributed by atoms with Crippen LogP contribution in [0.25, 0.3) is 0 Å². The van der Waals surface area contributed by atoms with Gasteiger partial charge < -0.3 is 10.5 Å². The number of rotatable bonds is 3. The number of nitrogens with zero attached hydrogens (tertiary/aromatic N) is 2. The lowest BCUT2D eigenvalue weighted by molar-refractivity contribution is -0.126. The maximum absolute atomic E-state index is 13.3. The molecule has 1 heterocycles. The SMILES string of the molecule is N#CCN1C(=O)C(Cc2cccc(F)c2)Oc2cc(N)ccc21. The lowest BCUT2D eigenvalue weighted by Gasteiger charge is -2.33. The summed E-state index contributed by atoms with van der Waals surface area (Å²) in [7, 11) is 0. The third-order valence-electron chi connectivity index (χ3n) is 3.62. The van der Waals surface area contributed by atoms with E-state index in [1.54, 1.807) is 30.3 Å². The Balaban J connectivity index is 1.93. The highest BCUT2D eigenvalue weighted by Gasteiger charge is 2.34. The molecule has 1 aliphatic heterocycles. The zero-order chi connectivity index (χ0) is 16.4. The number of carbonyl (C=O) groups is 1. The van der Waals surface area contributed by atoms with Gasteiger partial charge in [-0.25, -0.2) is 4.39 Å². The highest BCUT2D eigenvalue weighted by molar-refractivity contribution is 6.00. The zero-order valence-corrected chi connectivity index (χ0v) is 12.2. The number of hydrogen-bond donors (Lipinski definition) is 1. The Bertz CT molecular complexity index is 801. The molecule has 2 aromatic rings. The number of ether oxygens (including phenoxy) is 1. The van der Waals surface area contributed by atoms with E-state index in [1.165, 1.54) is 17.0 Å². The molecule has 0 aromatic heterocycles. The summed E-state index contributed by atoms with van der Waals surface area (Å²) in [5.74, 6) is -0.251. The standard InChI is InChI=1S/C17H14FN3O2/c18-12-3-1-2-11(8-12)9-16-17(22)21(7-6-19)14-5-4-13(20)10-15(14)23-16/h1-5,8,10,16H,7,9,20H2. The third-order valence-corrected chi connectivity index (χ3v) is 3.62. The number of halogens is 1. The Hall–Kier alpha value is -3.07. The van der Waals surface area contributed by atoms with E-state index in [2.05, 4.69) is 0 Å². The molecule has 0 fully saturated rings. The van der Waals surface area contributed by atoms with Crippen LogP contribution in [0.2, 0.25) is 0 Å². The minimum absolute atomic E-state index is 0.0846. The van der Waals surface area contributed by atoms with Crippen molar-refractivity contribution in [2.75, 3.05) is 17.2 Å². The predicted octanol–water partition coefficient (Wildman–Crippen LogP) is 2.27. The monoisotopic (exact) mass is 311 g/mol. The Morgan fingerprint density at radius 3 is 2.87 bits per heavy atom. The first kappa shape index (κ1) is 14.9. The van der Waals surface area contributed by atoms with Gasteiger partial charge in [-0.1, -0.05) is 12.1 Å². The number of benzene rings is 2. The lowest BCUT2D eigenvalue weighted by atomic mass is 10.0. The number of nitrogens with two attached hydrogens (primary N) is 1. The summed E-state index contributed by atoms with van der Waals surface area (Å²) in [6.45, 7) is -0.0846. The summed E-state index contributed by atoms with van der Waals surface area (Å²) >= 11 is 0. The largest absolute Gasteiger partial charge is 0.478 e. The Labute approximate surface area is 132 Å². The van der Waals surface area contributed by atoms with Gasteiger partial charge >= 0.3 is 0 Å². The second-order valence-electron chi connectivity index (χ2n) is 5.25. The van der Waals surface area contributed by atoms with E-state index in [4.69, 9.17) is 15.7 Å². The summed E-state index contributed by atoms with van der Waals surface area (Å²) in [5.41, 5.74) is 7.42. The predicted molar refractivity (Wildman–Crippen MR) is 83.3 cm³/mol. The smallest absolute Gasteiger partial charge is 0.269 e. The van der Waals surface area contributed by atoms with E-state index in [0.717, 1.165) is 0 Å². The maximum atomic E-state index is 13.3. The molecule has 0 aliphatic carbocycles. The number of amides is 1. The summed E-state index contributed by atoms with van der Waals surface area (Å²) in [5, 5.41) is 8.97. The Morgan fingerprint density at radius 1 is 1.30 bits per heavy atom. The minimum atomic E-state index is -0.820. The molecule has 1 aliphatic rings. The molecule has 116 valence electrons. The van der Waals surface area contributed by atoms with Gasteiger partial charge in [0.1, 0.15) is 18.1 Å². The number of carbonyl (C=O) groups excluding carboxylic acids is 1. The molecule has 0 radical (unpaired) electrons. The number of fused-ring (bicyclic) bond motifs is 1. The fourth-order valence-corrected chi connectivity index (χ4v) is 2.59. The van der Waals surface area contributed by atoms with Crippen LogP contribution in [-0.2, 0) is 11.2 Å². The van der Waals surface area contributed by atoms with Crippen LogP contribution in [0.1, 0.15) is 5.56 Å². The quantitative estimate of drug-likeness (QED) is 0.696. The normalized spacial score (nSPS) is 16.4. The number of hydrogen-bond acceptors (Lipinski definition) is 4. The van der Waals surface area contributed by atoms with Crippen LogP contribution < -0.4 is 15.4 Å². The van der Waals surface area contributed by atoms with E-state index in [9.17, 15) is 9.18 Å². The van der Waals surface area contributed by atoms with Gasteiger partial charge in [0, 0.05) is 18.2 Å². The summed E-state index contributed by atoms with van der Waals surface area (Å²) < 4.78 is 19.1. The van der Waals surface area contributed by atoms with Crippen LogP contribution in [0.3, 0.4) is 0 Å². The lowest BCUT2D eigenvalue weighted by Crippen LogP contribution is -2.47. The van der Waals surface area contributed by atoms with Crippen LogP contribution in [0, 0.1) is 17.1 Å². The van der Waals surface area contributed by atoms with Crippen molar-refractivity contribution in [3.05, 3.63) is 53.8 Å². The van der Waals surface area contributed by atoms with E-state index < -0.39 is 6.10 Å². The average Bonchev–Trinajstić information content (AvgIpc) is 2.51. The molecule has 2 aromatic carbocycles. The molecule has 0 bridgehead atoms. The van der Waals surface area contributed by atoms with Gasteiger partial charge in [-0.2, -0.15) is 5.26 Å². The molecular formula is C17H14FN3O2. The van der Waals surface area contributed by atoms with Crippen molar-refractivity contribution in [1.82, 2.24) is 0 Å². The van der Waals surface area contributed by atoms with Gasteiger partial charge in [0.25, 0.3) is 5.91 Å². The van der Waals surface area contributed by atoms with Crippen LogP contribution >= 0.6 is 0 Å². The highest BCUT2D eigenvalue weighted by atomic mass is 19.1. The molecule has 3 rings (SSSR count). The van der Waals surface area contributed by atoms with E-state index >= 15 is 0 Å². The first-order valence-corrected chi connectivity index (χ1v) is 7.07. The molecule has 5 nitrogen and oxygen atoms in total.